The van der Waals surface area contributed by atoms with E-state index in [1.54, 1.807) is 25.4 Å². The number of benzene rings is 2. The summed E-state index contributed by atoms with van der Waals surface area (Å²) < 4.78 is 69.1. The van der Waals surface area contributed by atoms with Crippen molar-refractivity contribution in [3.63, 3.8) is 0 Å². The Morgan fingerprint density at radius 2 is 1.91 bits per heavy atom. The second-order valence-corrected chi connectivity index (χ2v) is 9.73. The molecule has 11 heteroatoms. The van der Waals surface area contributed by atoms with Crippen LogP contribution in [-0.4, -0.2) is 30.8 Å². The van der Waals surface area contributed by atoms with Gasteiger partial charge in [0.25, 0.3) is 10.0 Å². The number of pyridine rings is 1. The van der Waals surface area contributed by atoms with Gasteiger partial charge < -0.3 is 10.1 Å². The molecule has 4 rings (SSSR count). The van der Waals surface area contributed by atoms with Gasteiger partial charge in [0.05, 0.1) is 5.52 Å². The highest BCUT2D eigenvalue weighted by Gasteiger charge is 2.31. The summed E-state index contributed by atoms with van der Waals surface area (Å²) in [5.41, 5.74) is 2.57. The Hall–Kier alpha value is -3.08. The van der Waals surface area contributed by atoms with Crippen molar-refractivity contribution in [2.75, 3.05) is 7.05 Å². The summed E-state index contributed by atoms with van der Waals surface area (Å²) in [6.45, 7) is 0.456. The van der Waals surface area contributed by atoms with Crippen LogP contribution in [-0.2, 0) is 23.0 Å². The number of nitrogens with one attached hydrogen (secondary N) is 1. The molecule has 178 valence electrons. The summed E-state index contributed by atoms with van der Waals surface area (Å²) in [5.74, 6) is -0.412. The molecule has 2 heterocycles. The van der Waals surface area contributed by atoms with Gasteiger partial charge >= 0.3 is 6.36 Å². The van der Waals surface area contributed by atoms with Crippen LogP contribution in [0.5, 0.6) is 5.75 Å². The van der Waals surface area contributed by atoms with Gasteiger partial charge in [-0.2, -0.15) is 0 Å². The molecule has 0 spiro atoms. The van der Waals surface area contributed by atoms with E-state index in [1.165, 1.54) is 34.6 Å². The Kier molecular flexibility index (Phi) is 6.57. The first kappa shape index (κ1) is 24.1. The molecule has 0 saturated heterocycles. The average Bonchev–Trinajstić information content (AvgIpc) is 3.14. The number of hydrogen-bond acceptors (Lipinski definition) is 5. The third-order valence-corrected chi connectivity index (χ3v) is 7.14. The summed E-state index contributed by atoms with van der Waals surface area (Å²) in [6, 6.07) is 12.1. The maximum absolute atomic E-state index is 13.3. The van der Waals surface area contributed by atoms with Gasteiger partial charge in [-0.25, -0.2) is 12.4 Å². The maximum atomic E-state index is 13.3. The topological polar surface area (TPSA) is 73.2 Å². The average molecular weight is 510 g/mol. The van der Waals surface area contributed by atoms with Crippen LogP contribution in [0, 0.1) is 0 Å². The second-order valence-electron chi connectivity index (χ2n) is 7.50. The van der Waals surface area contributed by atoms with E-state index < -0.39 is 22.1 Å². The molecular formula is C23H19ClF3N3O3S. The lowest BCUT2D eigenvalue weighted by Crippen LogP contribution is -2.17. The number of rotatable bonds is 7. The van der Waals surface area contributed by atoms with Crippen molar-refractivity contribution in [1.82, 2.24) is 14.3 Å². The van der Waals surface area contributed by atoms with Crippen LogP contribution in [0.3, 0.4) is 0 Å². The predicted octanol–water partition coefficient (Wildman–Crippen LogP) is 5.14. The Labute approximate surface area is 199 Å². The maximum Gasteiger partial charge on any atom is 0.573 e. The summed E-state index contributed by atoms with van der Waals surface area (Å²) >= 11 is 6.19. The third-order valence-electron chi connectivity index (χ3n) is 5.13. The molecule has 0 aliphatic rings. The third kappa shape index (κ3) is 5.03. The highest BCUT2D eigenvalue weighted by Crippen LogP contribution is 2.31. The molecule has 34 heavy (non-hydrogen) atoms. The molecule has 0 saturated carbocycles. The van der Waals surface area contributed by atoms with Gasteiger partial charge in [0, 0.05) is 35.5 Å². The summed E-state index contributed by atoms with van der Waals surface area (Å²) in [7, 11) is -2.14. The van der Waals surface area contributed by atoms with Crippen molar-refractivity contribution in [3.8, 4) is 5.75 Å². The van der Waals surface area contributed by atoms with E-state index in [9.17, 15) is 21.6 Å². The minimum Gasteiger partial charge on any atom is -0.406 e. The van der Waals surface area contributed by atoms with E-state index in [0.29, 0.717) is 17.6 Å². The number of hydrogen-bond donors (Lipinski definition) is 1. The molecule has 0 radical (unpaired) electrons. The fourth-order valence-corrected chi connectivity index (χ4v) is 5.24. The van der Waals surface area contributed by atoms with E-state index in [1.807, 2.05) is 12.1 Å². The van der Waals surface area contributed by atoms with Gasteiger partial charge in [-0.15, -0.1) is 13.2 Å². The number of fused-ring (bicyclic) bond motifs is 1. The fraction of sp³-hybridized carbons (Fsp3) is 0.174. The van der Waals surface area contributed by atoms with Crippen LogP contribution in [0.25, 0.3) is 10.9 Å². The van der Waals surface area contributed by atoms with Crippen molar-refractivity contribution in [2.45, 2.75) is 24.2 Å². The number of ether oxygens (including phenoxy) is 1. The minimum absolute atomic E-state index is 0.0524. The first-order valence-corrected chi connectivity index (χ1v) is 11.9. The molecule has 4 aromatic rings. The molecule has 0 bridgehead atoms. The van der Waals surface area contributed by atoms with Gasteiger partial charge in [0.2, 0.25) is 0 Å². The first-order chi connectivity index (χ1) is 16.1. The Bertz CT molecular complexity index is 1440. The smallest absolute Gasteiger partial charge is 0.406 e. The van der Waals surface area contributed by atoms with Crippen LogP contribution in [0.15, 0.2) is 72.0 Å². The molecule has 2 aromatic heterocycles. The molecule has 0 fully saturated rings. The van der Waals surface area contributed by atoms with E-state index >= 15 is 0 Å². The number of nitrogens with zero attached hydrogens (tertiary/aromatic N) is 2. The highest BCUT2D eigenvalue weighted by atomic mass is 35.5. The molecule has 0 amide bonds. The second kappa shape index (κ2) is 9.28. The first-order valence-electron chi connectivity index (χ1n) is 10.1. The highest BCUT2D eigenvalue weighted by molar-refractivity contribution is 7.90. The molecule has 0 atom stereocenters. The fourth-order valence-electron chi connectivity index (χ4n) is 3.65. The molecule has 0 aliphatic carbocycles. The monoisotopic (exact) mass is 509 g/mol. The normalized spacial score (nSPS) is 12.3. The summed E-state index contributed by atoms with van der Waals surface area (Å²) in [5, 5.41) is 3.90. The van der Waals surface area contributed by atoms with E-state index in [0.717, 1.165) is 22.6 Å². The Morgan fingerprint density at radius 1 is 1.12 bits per heavy atom. The molecular weight excluding hydrogens is 491 g/mol. The minimum atomic E-state index is -4.81. The molecule has 2 aromatic carbocycles. The van der Waals surface area contributed by atoms with Gasteiger partial charge in [-0.05, 0) is 60.5 Å². The molecule has 0 aliphatic heterocycles. The van der Waals surface area contributed by atoms with Crippen molar-refractivity contribution < 1.29 is 26.3 Å². The van der Waals surface area contributed by atoms with Crippen molar-refractivity contribution in [1.29, 1.82) is 0 Å². The van der Waals surface area contributed by atoms with Crippen LogP contribution in [0.1, 0.15) is 16.7 Å². The lowest BCUT2D eigenvalue weighted by Gasteiger charge is -2.11. The van der Waals surface area contributed by atoms with Gasteiger partial charge in [0.1, 0.15) is 10.6 Å². The lowest BCUT2D eigenvalue weighted by atomic mass is 10.0. The standard InChI is InChI=1S/C23H19ClF3N3O3S/c1-28-12-17-14-30(34(31,32)19-3-2-8-29-13-19)22-10-15(4-7-20(17)22)9-16-5-6-18(11-21(16)24)33-23(25,26)27/h2-8,10-11,13-14,28H,9,12H2,1H3. The largest absolute Gasteiger partial charge is 0.573 e. The summed E-state index contributed by atoms with van der Waals surface area (Å²) in [6.07, 6.45) is -0.185. The van der Waals surface area contributed by atoms with Crippen LogP contribution >= 0.6 is 11.6 Å². The Balaban J connectivity index is 1.74. The quantitative estimate of drug-likeness (QED) is 0.373. The van der Waals surface area contributed by atoms with Crippen LogP contribution < -0.4 is 10.1 Å². The summed E-state index contributed by atoms with van der Waals surface area (Å²) in [4.78, 5) is 3.96. The molecule has 6 nitrogen and oxygen atoms in total. The molecule has 1 N–H and O–H groups in total. The van der Waals surface area contributed by atoms with Gasteiger partial charge in [0.15, 0.2) is 0 Å². The van der Waals surface area contributed by atoms with Gasteiger partial charge in [-0.1, -0.05) is 29.8 Å². The van der Waals surface area contributed by atoms with E-state index in [2.05, 4.69) is 15.0 Å². The van der Waals surface area contributed by atoms with Crippen molar-refractivity contribution >= 4 is 32.5 Å². The van der Waals surface area contributed by atoms with E-state index in [-0.39, 0.29) is 16.3 Å². The van der Waals surface area contributed by atoms with Crippen LogP contribution in [0.4, 0.5) is 13.2 Å². The van der Waals surface area contributed by atoms with E-state index in [4.69, 9.17) is 11.6 Å². The van der Waals surface area contributed by atoms with Crippen molar-refractivity contribution in [3.05, 3.63) is 88.8 Å². The zero-order valence-corrected chi connectivity index (χ0v) is 19.4. The number of aromatic nitrogens is 2. The number of halogens is 4. The predicted molar refractivity (Wildman–Crippen MR) is 122 cm³/mol. The zero-order chi connectivity index (χ0) is 24.5. The van der Waals surface area contributed by atoms with Crippen molar-refractivity contribution in [2.24, 2.45) is 0 Å². The SMILES string of the molecule is CNCc1cn(S(=O)(=O)c2cccnc2)c2cc(Cc3ccc(OC(F)(F)F)cc3Cl)ccc12. The van der Waals surface area contributed by atoms with Crippen LogP contribution in [0.2, 0.25) is 5.02 Å². The Morgan fingerprint density at radius 3 is 2.56 bits per heavy atom. The zero-order valence-electron chi connectivity index (χ0n) is 17.8. The number of alkyl halides is 3. The lowest BCUT2D eigenvalue weighted by molar-refractivity contribution is -0.274. The van der Waals surface area contributed by atoms with Gasteiger partial charge in [-0.3, -0.25) is 4.98 Å². The molecule has 0 unspecified atom stereocenters.